The molecule has 13 nitrogen and oxygen atoms in total. The summed E-state index contributed by atoms with van der Waals surface area (Å²) in [5.41, 5.74) is 0. The monoisotopic (exact) mass is 549 g/mol. The number of Topliss-reactive ketones (excluding diaryl/α,β-unsaturated/α-hetero) is 1. The van der Waals surface area contributed by atoms with Gasteiger partial charge in [-0.25, -0.2) is 0 Å². The lowest BCUT2D eigenvalue weighted by molar-refractivity contribution is -0.262. The van der Waals surface area contributed by atoms with Crippen molar-refractivity contribution in [2.24, 2.45) is 0 Å². The van der Waals surface area contributed by atoms with Crippen LogP contribution in [0.15, 0.2) is 0 Å². The topological polar surface area (TPSA) is 188 Å². The number of carbonyl (C=O) groups is 2. The molecule has 13 heteroatoms. The number of aliphatic hydroxyl groups excluding tert-OH is 4. The number of unbranched alkanes of at least 4 members (excludes halogenated alkanes) is 3. The van der Waals surface area contributed by atoms with E-state index in [1.807, 2.05) is 0 Å². The first-order chi connectivity index (χ1) is 18.1. The number of methoxy groups -OCH3 is 2. The Morgan fingerprint density at radius 1 is 0.711 bits per heavy atom. The van der Waals surface area contributed by atoms with Crippen LogP contribution in [0.25, 0.3) is 0 Å². The van der Waals surface area contributed by atoms with Gasteiger partial charge >= 0.3 is 0 Å². The molecule has 2 aliphatic heterocycles. The molecule has 38 heavy (non-hydrogen) atoms. The lowest BCUT2D eigenvalue weighted by Gasteiger charge is -2.41. The minimum Gasteiger partial charge on any atom is -0.389 e. The van der Waals surface area contributed by atoms with Crippen LogP contribution in [-0.4, -0.2) is 121 Å². The van der Waals surface area contributed by atoms with Gasteiger partial charge in [0.1, 0.15) is 18.0 Å². The number of ether oxygens (including phenoxy) is 4. The Balaban J connectivity index is 1.52. The van der Waals surface area contributed by atoms with E-state index < -0.39 is 61.3 Å². The summed E-state index contributed by atoms with van der Waals surface area (Å²) in [6.45, 7) is 3.81. The zero-order valence-electron chi connectivity index (χ0n) is 22.9. The van der Waals surface area contributed by atoms with Gasteiger partial charge in [-0.1, -0.05) is 12.8 Å². The number of nitrogens with one attached hydrogen (secondary N) is 3. The van der Waals surface area contributed by atoms with Crippen LogP contribution in [0.5, 0.6) is 0 Å². The van der Waals surface area contributed by atoms with Gasteiger partial charge in [-0.3, -0.25) is 14.9 Å². The first-order valence-corrected chi connectivity index (χ1v) is 13.4. The molecule has 2 fully saturated rings. The molecule has 2 saturated heterocycles. The molecule has 10 atom stereocenters. The van der Waals surface area contributed by atoms with Crippen molar-refractivity contribution in [1.82, 2.24) is 16.0 Å². The van der Waals surface area contributed by atoms with Crippen molar-refractivity contribution < 1.29 is 49.0 Å². The van der Waals surface area contributed by atoms with Crippen molar-refractivity contribution in [3.8, 4) is 0 Å². The van der Waals surface area contributed by atoms with E-state index in [1.165, 1.54) is 14.2 Å². The predicted octanol–water partition coefficient (Wildman–Crippen LogP) is -1.50. The minimum absolute atomic E-state index is 0.0935. The Kier molecular flexibility index (Phi) is 14.5. The molecule has 0 aromatic heterocycles. The van der Waals surface area contributed by atoms with Gasteiger partial charge in [-0.15, -0.1) is 0 Å². The summed E-state index contributed by atoms with van der Waals surface area (Å²) >= 11 is 0. The number of hydrogen-bond acceptors (Lipinski definition) is 12. The molecule has 2 heterocycles. The second kappa shape index (κ2) is 16.8. The van der Waals surface area contributed by atoms with Gasteiger partial charge in [0, 0.05) is 40.0 Å². The van der Waals surface area contributed by atoms with Crippen molar-refractivity contribution in [2.75, 3.05) is 27.4 Å². The summed E-state index contributed by atoms with van der Waals surface area (Å²) in [4.78, 5) is 24.3. The van der Waals surface area contributed by atoms with Gasteiger partial charge in [0.15, 0.2) is 12.6 Å². The van der Waals surface area contributed by atoms with Crippen molar-refractivity contribution >= 4 is 11.7 Å². The van der Waals surface area contributed by atoms with Crippen LogP contribution in [0, 0.1) is 0 Å². The molecule has 0 bridgehead atoms. The highest BCUT2D eigenvalue weighted by Gasteiger charge is 2.43. The normalized spacial score (nSPS) is 35.7. The second-order valence-electron chi connectivity index (χ2n) is 10.0. The average molecular weight is 550 g/mol. The molecule has 1 unspecified atom stereocenters. The number of rotatable bonds is 16. The summed E-state index contributed by atoms with van der Waals surface area (Å²) in [7, 11) is 2.83. The zero-order valence-corrected chi connectivity index (χ0v) is 22.9. The third-order valence-electron chi connectivity index (χ3n) is 7.17. The van der Waals surface area contributed by atoms with Gasteiger partial charge in [0.25, 0.3) is 0 Å². The van der Waals surface area contributed by atoms with Crippen LogP contribution in [0.1, 0.15) is 58.8 Å². The van der Waals surface area contributed by atoms with E-state index >= 15 is 0 Å². The summed E-state index contributed by atoms with van der Waals surface area (Å²) < 4.78 is 21.0. The Hall–Kier alpha value is -1.26. The molecule has 2 rings (SSSR count). The lowest BCUT2D eigenvalue weighted by atomic mass is 9.96. The van der Waals surface area contributed by atoms with Crippen LogP contribution < -0.4 is 16.0 Å². The number of hydrogen-bond donors (Lipinski definition) is 7. The average Bonchev–Trinajstić information content (AvgIpc) is 2.89. The van der Waals surface area contributed by atoms with Crippen LogP contribution in [0.2, 0.25) is 0 Å². The summed E-state index contributed by atoms with van der Waals surface area (Å²) in [5, 5.41) is 49.8. The molecule has 0 aliphatic carbocycles. The van der Waals surface area contributed by atoms with E-state index in [-0.39, 0.29) is 18.4 Å². The summed E-state index contributed by atoms with van der Waals surface area (Å²) in [5.74, 6) is -0.0502. The maximum Gasteiger partial charge on any atom is 0.220 e. The molecule has 2 aliphatic rings. The standard InChI is InChI=1S/C25H47N3O10/c1-14-20(31)18(22(33)24(35-3)37-14)26-12-11-16(29)9-7-5-6-8-10-17(30)27-13-28-19-21(32)15(2)38-25(36-4)23(19)34/h14-15,18-26,28,31-34H,5-13H2,1-4H3,(H,27,30)/t14-,15+,18+,19?,20-,21+,22+,23-,24-,25+/m1/s1. The summed E-state index contributed by atoms with van der Waals surface area (Å²) in [6.07, 6.45) is -2.58. The van der Waals surface area contributed by atoms with Gasteiger partial charge in [0.05, 0.1) is 43.2 Å². The molecular weight excluding hydrogens is 502 g/mol. The fourth-order valence-electron chi connectivity index (χ4n) is 4.77. The van der Waals surface area contributed by atoms with Crippen molar-refractivity contribution in [1.29, 1.82) is 0 Å². The van der Waals surface area contributed by atoms with Crippen molar-refractivity contribution in [3.05, 3.63) is 0 Å². The molecule has 0 spiro atoms. The quantitative estimate of drug-likeness (QED) is 0.0873. The maximum atomic E-state index is 12.2. The largest absolute Gasteiger partial charge is 0.389 e. The molecule has 0 aromatic rings. The molecule has 7 N–H and O–H groups in total. The van der Waals surface area contributed by atoms with E-state index in [4.69, 9.17) is 18.9 Å². The van der Waals surface area contributed by atoms with Crippen molar-refractivity contribution in [3.63, 3.8) is 0 Å². The van der Waals surface area contributed by atoms with Crippen molar-refractivity contribution in [2.45, 2.75) is 120 Å². The summed E-state index contributed by atoms with van der Waals surface area (Å²) in [6, 6.07) is -1.34. The van der Waals surface area contributed by atoms with Gasteiger partial charge in [-0.2, -0.15) is 0 Å². The molecule has 1 amide bonds. The number of carbonyl (C=O) groups excluding carboxylic acids is 2. The van der Waals surface area contributed by atoms with E-state index in [9.17, 15) is 30.0 Å². The van der Waals surface area contributed by atoms with Crippen LogP contribution >= 0.6 is 0 Å². The van der Waals surface area contributed by atoms with E-state index in [2.05, 4.69) is 16.0 Å². The number of aliphatic hydroxyl groups is 4. The smallest absolute Gasteiger partial charge is 0.220 e. The molecular formula is C25H47N3O10. The molecule has 0 aromatic carbocycles. The molecule has 0 saturated carbocycles. The van der Waals surface area contributed by atoms with Crippen LogP contribution in [-0.2, 0) is 28.5 Å². The maximum absolute atomic E-state index is 12.2. The lowest BCUT2D eigenvalue weighted by Crippen LogP contribution is -2.63. The first-order valence-electron chi connectivity index (χ1n) is 13.4. The SMILES string of the molecule is CO[C@@H]1O[C@H](C)[C@@H](O)[C@H](NCCC(=O)CCCCCCC(=O)NCNC2[C@@H](O)[C@@H](OC)O[C@@H](C)[C@@H]2O)[C@@H]1O. The predicted molar refractivity (Wildman–Crippen MR) is 136 cm³/mol. The highest BCUT2D eigenvalue weighted by molar-refractivity contribution is 5.78. The van der Waals surface area contributed by atoms with E-state index in [0.29, 0.717) is 32.2 Å². The van der Waals surface area contributed by atoms with E-state index in [1.54, 1.807) is 13.8 Å². The number of ketones is 1. The molecule has 222 valence electrons. The fraction of sp³-hybridized carbons (Fsp3) is 0.920. The minimum atomic E-state index is -1.08. The Morgan fingerprint density at radius 2 is 1.21 bits per heavy atom. The zero-order chi connectivity index (χ0) is 28.2. The van der Waals surface area contributed by atoms with Crippen LogP contribution in [0.3, 0.4) is 0 Å². The van der Waals surface area contributed by atoms with Gasteiger partial charge in [0.2, 0.25) is 5.91 Å². The second-order valence-corrected chi connectivity index (χ2v) is 10.0. The fourth-order valence-corrected chi connectivity index (χ4v) is 4.77. The Labute approximate surface area is 224 Å². The Bertz CT molecular complexity index is 659. The van der Waals surface area contributed by atoms with E-state index in [0.717, 1.165) is 19.3 Å². The van der Waals surface area contributed by atoms with Gasteiger partial charge < -0.3 is 50.0 Å². The number of amides is 1. The third-order valence-corrected chi connectivity index (χ3v) is 7.17. The first kappa shape index (κ1) is 32.9. The van der Waals surface area contributed by atoms with Gasteiger partial charge in [-0.05, 0) is 26.7 Å². The third kappa shape index (κ3) is 9.73. The molecule has 0 radical (unpaired) electrons. The highest BCUT2D eigenvalue weighted by Crippen LogP contribution is 2.22. The highest BCUT2D eigenvalue weighted by atomic mass is 16.7. The van der Waals surface area contributed by atoms with Crippen LogP contribution in [0.4, 0.5) is 0 Å². The Morgan fingerprint density at radius 3 is 1.74 bits per heavy atom.